The number of nitriles is 1. The second-order valence-corrected chi connectivity index (χ2v) is 8.42. The zero-order chi connectivity index (χ0) is 22.2. The third-order valence-electron chi connectivity index (χ3n) is 6.07. The molecule has 7 nitrogen and oxygen atoms in total. The molecule has 4 rings (SSSR count). The molecule has 1 amide bonds. The summed E-state index contributed by atoms with van der Waals surface area (Å²) in [5, 5.41) is 15.4. The predicted octanol–water partition coefficient (Wildman–Crippen LogP) is 1.75. The Labute approximate surface area is 189 Å². The lowest BCUT2D eigenvalue weighted by atomic mass is 10.1. The zero-order valence-corrected chi connectivity index (χ0v) is 18.3. The molecule has 2 aliphatic rings. The fourth-order valence-corrected chi connectivity index (χ4v) is 4.25. The molecule has 7 heteroatoms. The van der Waals surface area contributed by atoms with E-state index in [2.05, 4.69) is 55.8 Å². The van der Waals surface area contributed by atoms with E-state index in [1.807, 2.05) is 36.7 Å². The van der Waals surface area contributed by atoms with Crippen LogP contribution in [0.15, 0.2) is 59.6 Å². The molecule has 2 aromatic rings. The SMILES string of the molecule is N#Cc1ccc(CN2C=NCC2CCNC(=O)[C@H]2CN(Cc3ccccc3)CCN2)cc1. The molecular formula is C25H30N6O. The van der Waals surface area contributed by atoms with Crippen molar-refractivity contribution in [1.82, 2.24) is 20.4 Å². The maximum absolute atomic E-state index is 12.7. The summed E-state index contributed by atoms with van der Waals surface area (Å²) in [6.07, 6.45) is 2.75. The first-order chi connectivity index (χ1) is 15.7. The highest BCUT2D eigenvalue weighted by atomic mass is 16.2. The third-order valence-corrected chi connectivity index (χ3v) is 6.07. The number of aliphatic imine (C=N–C) groups is 1. The van der Waals surface area contributed by atoms with E-state index in [-0.39, 0.29) is 18.0 Å². The van der Waals surface area contributed by atoms with Gasteiger partial charge in [-0.2, -0.15) is 5.26 Å². The fraction of sp³-hybridized carbons (Fsp3) is 0.400. The number of hydrogen-bond donors (Lipinski definition) is 2. The van der Waals surface area contributed by atoms with Crippen LogP contribution in [0.2, 0.25) is 0 Å². The van der Waals surface area contributed by atoms with Crippen molar-refractivity contribution in [1.29, 1.82) is 5.26 Å². The second-order valence-electron chi connectivity index (χ2n) is 8.42. The molecule has 0 aromatic heterocycles. The van der Waals surface area contributed by atoms with Crippen LogP contribution in [0.1, 0.15) is 23.1 Å². The molecule has 166 valence electrons. The van der Waals surface area contributed by atoms with Crippen molar-refractivity contribution >= 4 is 12.2 Å². The van der Waals surface area contributed by atoms with E-state index >= 15 is 0 Å². The Morgan fingerprint density at radius 1 is 1.12 bits per heavy atom. The Balaban J connectivity index is 1.21. The van der Waals surface area contributed by atoms with Gasteiger partial charge in [-0.25, -0.2) is 0 Å². The normalized spacial score (nSPS) is 20.8. The van der Waals surface area contributed by atoms with Crippen LogP contribution in [0.5, 0.6) is 0 Å². The lowest BCUT2D eigenvalue weighted by Gasteiger charge is -2.33. The number of nitrogens with zero attached hydrogens (tertiary/aromatic N) is 4. The van der Waals surface area contributed by atoms with Crippen LogP contribution in [-0.4, -0.2) is 66.9 Å². The van der Waals surface area contributed by atoms with Crippen molar-refractivity contribution in [2.24, 2.45) is 4.99 Å². The molecule has 32 heavy (non-hydrogen) atoms. The molecule has 1 unspecified atom stereocenters. The number of hydrogen-bond acceptors (Lipinski definition) is 6. The van der Waals surface area contributed by atoms with Gasteiger partial charge in [0.1, 0.15) is 0 Å². The number of carbonyl (C=O) groups excluding carboxylic acids is 1. The monoisotopic (exact) mass is 430 g/mol. The first kappa shape index (κ1) is 22.0. The van der Waals surface area contributed by atoms with Gasteiger partial charge >= 0.3 is 0 Å². The lowest BCUT2D eigenvalue weighted by molar-refractivity contribution is -0.124. The summed E-state index contributed by atoms with van der Waals surface area (Å²) in [7, 11) is 0. The molecule has 0 aliphatic carbocycles. The number of nitrogens with one attached hydrogen (secondary N) is 2. The van der Waals surface area contributed by atoms with Crippen molar-refractivity contribution in [3.8, 4) is 6.07 Å². The highest BCUT2D eigenvalue weighted by molar-refractivity contribution is 5.82. The van der Waals surface area contributed by atoms with E-state index in [9.17, 15) is 4.79 Å². The molecule has 0 saturated carbocycles. The molecule has 2 N–H and O–H groups in total. The molecule has 0 radical (unpaired) electrons. The Morgan fingerprint density at radius 2 is 1.91 bits per heavy atom. The summed E-state index contributed by atoms with van der Waals surface area (Å²) in [4.78, 5) is 21.7. The minimum atomic E-state index is -0.179. The molecule has 1 saturated heterocycles. The number of rotatable bonds is 8. The molecular weight excluding hydrogens is 400 g/mol. The van der Waals surface area contributed by atoms with Crippen LogP contribution in [0.4, 0.5) is 0 Å². The summed E-state index contributed by atoms with van der Waals surface area (Å²) < 4.78 is 0. The standard InChI is InChI=1S/C25H30N6O/c26-14-20-6-8-22(9-7-20)17-31-19-27-15-23(31)10-11-29-25(32)24-18-30(13-12-28-24)16-21-4-2-1-3-5-21/h1-9,19,23-24,28H,10-13,15-18H2,(H,29,32)/t23?,24-/m1/s1. The highest BCUT2D eigenvalue weighted by Crippen LogP contribution is 2.14. The fourth-order valence-electron chi connectivity index (χ4n) is 4.25. The minimum absolute atomic E-state index is 0.0697. The number of piperazine rings is 1. The first-order valence-electron chi connectivity index (χ1n) is 11.2. The van der Waals surface area contributed by atoms with Crippen molar-refractivity contribution in [2.45, 2.75) is 31.6 Å². The Bertz CT molecular complexity index is 953. The van der Waals surface area contributed by atoms with E-state index < -0.39 is 0 Å². The van der Waals surface area contributed by atoms with Crippen LogP contribution in [0.3, 0.4) is 0 Å². The minimum Gasteiger partial charge on any atom is -0.355 e. The number of amides is 1. The number of benzene rings is 2. The quantitative estimate of drug-likeness (QED) is 0.667. The average Bonchev–Trinajstić information content (AvgIpc) is 3.27. The van der Waals surface area contributed by atoms with Crippen LogP contribution in [0.25, 0.3) is 0 Å². The van der Waals surface area contributed by atoms with Crippen LogP contribution in [-0.2, 0) is 17.9 Å². The van der Waals surface area contributed by atoms with Crippen molar-refractivity contribution in [2.75, 3.05) is 32.7 Å². The third kappa shape index (κ3) is 5.94. The topological polar surface area (TPSA) is 83.8 Å². The molecule has 0 spiro atoms. The lowest BCUT2D eigenvalue weighted by Crippen LogP contribution is -2.57. The van der Waals surface area contributed by atoms with E-state index in [1.165, 1.54) is 5.56 Å². The zero-order valence-electron chi connectivity index (χ0n) is 18.3. The van der Waals surface area contributed by atoms with Crippen molar-refractivity contribution in [3.05, 3.63) is 71.3 Å². The van der Waals surface area contributed by atoms with Gasteiger partial charge in [0.05, 0.1) is 36.6 Å². The molecule has 2 aromatic carbocycles. The molecule has 2 heterocycles. The average molecular weight is 431 g/mol. The summed E-state index contributed by atoms with van der Waals surface area (Å²) in [5.74, 6) is 0.0697. The van der Waals surface area contributed by atoms with Gasteiger partial charge in [0.2, 0.25) is 5.91 Å². The van der Waals surface area contributed by atoms with Crippen molar-refractivity contribution in [3.63, 3.8) is 0 Å². The molecule has 2 atom stereocenters. The van der Waals surface area contributed by atoms with E-state index in [0.717, 1.165) is 51.3 Å². The predicted molar refractivity (Wildman–Crippen MR) is 125 cm³/mol. The maximum Gasteiger partial charge on any atom is 0.238 e. The van der Waals surface area contributed by atoms with Gasteiger partial charge in [-0.05, 0) is 29.7 Å². The highest BCUT2D eigenvalue weighted by Gasteiger charge is 2.26. The Hall–Kier alpha value is -3.21. The first-order valence-corrected chi connectivity index (χ1v) is 11.2. The smallest absolute Gasteiger partial charge is 0.238 e. The Kier molecular flexibility index (Phi) is 7.49. The maximum atomic E-state index is 12.7. The summed E-state index contributed by atoms with van der Waals surface area (Å²) in [5.41, 5.74) is 3.09. The van der Waals surface area contributed by atoms with Gasteiger partial charge in [-0.1, -0.05) is 42.5 Å². The largest absolute Gasteiger partial charge is 0.355 e. The van der Waals surface area contributed by atoms with Gasteiger partial charge in [0.25, 0.3) is 0 Å². The second kappa shape index (κ2) is 10.9. The van der Waals surface area contributed by atoms with E-state index in [1.54, 1.807) is 0 Å². The van der Waals surface area contributed by atoms with Crippen LogP contribution in [0, 0.1) is 11.3 Å². The van der Waals surface area contributed by atoms with Gasteiger partial charge < -0.3 is 15.5 Å². The summed E-state index contributed by atoms with van der Waals surface area (Å²) in [6, 6.07) is 20.3. The molecule has 0 bridgehead atoms. The van der Waals surface area contributed by atoms with Gasteiger partial charge in [-0.3, -0.25) is 14.7 Å². The van der Waals surface area contributed by atoms with E-state index in [4.69, 9.17) is 5.26 Å². The van der Waals surface area contributed by atoms with Crippen LogP contribution < -0.4 is 10.6 Å². The summed E-state index contributed by atoms with van der Waals surface area (Å²) in [6.45, 7) is 5.50. The molecule has 2 aliphatic heterocycles. The van der Waals surface area contributed by atoms with Crippen LogP contribution >= 0.6 is 0 Å². The summed E-state index contributed by atoms with van der Waals surface area (Å²) >= 11 is 0. The number of carbonyl (C=O) groups is 1. The Morgan fingerprint density at radius 3 is 2.69 bits per heavy atom. The van der Waals surface area contributed by atoms with E-state index in [0.29, 0.717) is 12.1 Å². The van der Waals surface area contributed by atoms with Crippen molar-refractivity contribution < 1.29 is 4.79 Å². The molecule has 1 fully saturated rings. The van der Waals surface area contributed by atoms with Gasteiger partial charge in [-0.15, -0.1) is 0 Å². The van der Waals surface area contributed by atoms with Gasteiger partial charge in [0, 0.05) is 39.3 Å². The van der Waals surface area contributed by atoms with Gasteiger partial charge in [0.15, 0.2) is 0 Å².